The molecule has 0 aromatic heterocycles. The topological polar surface area (TPSA) is 96.7 Å². The first-order valence-electron chi connectivity index (χ1n) is 9.00. The molecule has 1 aromatic carbocycles. The molecule has 0 radical (unpaired) electrons. The summed E-state index contributed by atoms with van der Waals surface area (Å²) in [6.07, 6.45) is 0.146. The smallest absolute Gasteiger partial charge is 0.312 e. The summed E-state index contributed by atoms with van der Waals surface area (Å²) in [4.78, 5) is 26.2. The third-order valence-electron chi connectivity index (χ3n) is 4.86. The second-order valence-electron chi connectivity index (χ2n) is 7.31. The lowest BCUT2D eigenvalue weighted by atomic mass is 9.98. The Hall–Kier alpha value is -2.12. The van der Waals surface area contributed by atoms with Crippen LogP contribution >= 0.6 is 0 Å². The van der Waals surface area contributed by atoms with E-state index in [1.807, 2.05) is 31.2 Å². The highest BCUT2D eigenvalue weighted by molar-refractivity contribution is 5.79. The molecule has 1 unspecified atom stereocenters. The number of carbonyl (C=O) groups is 2. The van der Waals surface area contributed by atoms with Crippen LogP contribution in [0.15, 0.2) is 24.3 Å². The standard InChI is InChI=1S/C19H30N4O3/c1-14-6-4-5-7-15(14)16(22-18(20)25)12-17(24)21-13-19(2,3)23-8-10-26-11-9-23/h4-7,16H,8-13H2,1-3H3,(H,21,24)(H3,20,22,25). The number of benzene rings is 1. The van der Waals surface area contributed by atoms with Gasteiger partial charge in [-0.2, -0.15) is 0 Å². The lowest BCUT2D eigenvalue weighted by Gasteiger charge is -2.40. The summed E-state index contributed by atoms with van der Waals surface area (Å²) in [5.41, 5.74) is 7.04. The van der Waals surface area contributed by atoms with Crippen LogP contribution in [0.3, 0.4) is 0 Å². The fourth-order valence-corrected chi connectivity index (χ4v) is 3.24. The predicted molar refractivity (Wildman–Crippen MR) is 101 cm³/mol. The number of morpholine rings is 1. The zero-order valence-electron chi connectivity index (χ0n) is 15.9. The highest BCUT2D eigenvalue weighted by Gasteiger charge is 2.29. The van der Waals surface area contributed by atoms with Crippen molar-refractivity contribution in [3.63, 3.8) is 0 Å². The summed E-state index contributed by atoms with van der Waals surface area (Å²) in [5, 5.41) is 5.68. The van der Waals surface area contributed by atoms with Crippen LogP contribution in [-0.4, -0.2) is 55.2 Å². The second-order valence-corrected chi connectivity index (χ2v) is 7.31. The summed E-state index contributed by atoms with van der Waals surface area (Å²) in [6.45, 7) is 9.85. The minimum atomic E-state index is -0.639. The number of carbonyl (C=O) groups excluding carboxylic acids is 2. The molecule has 1 fully saturated rings. The Balaban J connectivity index is 1.96. The Morgan fingerprint density at radius 1 is 1.27 bits per heavy atom. The molecular formula is C19H30N4O3. The van der Waals surface area contributed by atoms with Gasteiger partial charge >= 0.3 is 6.03 Å². The quantitative estimate of drug-likeness (QED) is 0.681. The van der Waals surface area contributed by atoms with Crippen molar-refractivity contribution in [3.05, 3.63) is 35.4 Å². The van der Waals surface area contributed by atoms with Crippen molar-refractivity contribution in [2.75, 3.05) is 32.8 Å². The van der Waals surface area contributed by atoms with Crippen LogP contribution in [0.25, 0.3) is 0 Å². The van der Waals surface area contributed by atoms with Crippen LogP contribution < -0.4 is 16.4 Å². The van der Waals surface area contributed by atoms with Crippen LogP contribution in [0.2, 0.25) is 0 Å². The Labute approximate surface area is 155 Å². The first-order valence-corrected chi connectivity index (χ1v) is 9.00. The zero-order valence-corrected chi connectivity index (χ0v) is 15.9. The number of urea groups is 1. The van der Waals surface area contributed by atoms with Gasteiger partial charge in [0.15, 0.2) is 0 Å². The van der Waals surface area contributed by atoms with Crippen LogP contribution in [0.4, 0.5) is 4.79 Å². The Morgan fingerprint density at radius 2 is 1.92 bits per heavy atom. The van der Waals surface area contributed by atoms with E-state index in [9.17, 15) is 9.59 Å². The molecule has 0 aliphatic carbocycles. The highest BCUT2D eigenvalue weighted by atomic mass is 16.5. The maximum atomic E-state index is 12.5. The molecule has 144 valence electrons. The van der Waals surface area contributed by atoms with Crippen molar-refractivity contribution in [2.45, 2.75) is 38.8 Å². The van der Waals surface area contributed by atoms with Gasteiger partial charge in [0.05, 0.1) is 25.7 Å². The van der Waals surface area contributed by atoms with Gasteiger partial charge in [0, 0.05) is 25.2 Å². The zero-order chi connectivity index (χ0) is 19.2. The summed E-state index contributed by atoms with van der Waals surface area (Å²) >= 11 is 0. The number of rotatable bonds is 7. The molecule has 3 amide bonds. The van der Waals surface area contributed by atoms with Crippen molar-refractivity contribution in [1.82, 2.24) is 15.5 Å². The SMILES string of the molecule is Cc1ccccc1C(CC(=O)NCC(C)(C)N1CCOCC1)NC(N)=O. The van der Waals surface area contributed by atoms with Crippen molar-refractivity contribution in [3.8, 4) is 0 Å². The van der Waals surface area contributed by atoms with Gasteiger partial charge in [-0.1, -0.05) is 24.3 Å². The molecule has 1 heterocycles. The average molecular weight is 362 g/mol. The minimum absolute atomic E-state index is 0.117. The molecule has 0 saturated carbocycles. The summed E-state index contributed by atoms with van der Waals surface area (Å²) < 4.78 is 5.39. The summed E-state index contributed by atoms with van der Waals surface area (Å²) in [6, 6.07) is 6.58. The predicted octanol–water partition coefficient (Wildman–Crippen LogP) is 1.32. The molecule has 1 aromatic rings. The summed E-state index contributed by atoms with van der Waals surface area (Å²) in [5.74, 6) is -0.117. The van der Waals surface area contributed by atoms with E-state index in [0.29, 0.717) is 6.54 Å². The summed E-state index contributed by atoms with van der Waals surface area (Å²) in [7, 11) is 0. The first-order chi connectivity index (χ1) is 12.3. The van der Waals surface area contributed by atoms with E-state index < -0.39 is 12.1 Å². The third-order valence-corrected chi connectivity index (χ3v) is 4.86. The molecule has 1 saturated heterocycles. The third kappa shape index (κ3) is 5.71. The van der Waals surface area contributed by atoms with Crippen molar-refractivity contribution < 1.29 is 14.3 Å². The monoisotopic (exact) mass is 362 g/mol. The van der Waals surface area contributed by atoms with Gasteiger partial charge in [-0.05, 0) is 31.9 Å². The fourth-order valence-electron chi connectivity index (χ4n) is 3.24. The first kappa shape index (κ1) is 20.2. The van der Waals surface area contributed by atoms with Gasteiger partial charge in [-0.25, -0.2) is 4.79 Å². The largest absolute Gasteiger partial charge is 0.379 e. The molecular weight excluding hydrogens is 332 g/mol. The Bertz CT molecular complexity index is 627. The van der Waals surface area contributed by atoms with E-state index in [1.165, 1.54) is 0 Å². The molecule has 4 N–H and O–H groups in total. The maximum Gasteiger partial charge on any atom is 0.312 e. The van der Waals surface area contributed by atoms with E-state index in [1.54, 1.807) is 0 Å². The van der Waals surface area contributed by atoms with Crippen molar-refractivity contribution in [1.29, 1.82) is 0 Å². The second kappa shape index (κ2) is 9.00. The molecule has 1 aliphatic rings. The molecule has 2 rings (SSSR count). The van der Waals surface area contributed by atoms with E-state index >= 15 is 0 Å². The molecule has 0 spiro atoms. The number of nitrogens with two attached hydrogens (primary N) is 1. The van der Waals surface area contributed by atoms with Crippen molar-refractivity contribution in [2.24, 2.45) is 5.73 Å². The van der Waals surface area contributed by atoms with Gasteiger partial charge in [-0.3, -0.25) is 9.69 Å². The van der Waals surface area contributed by atoms with Gasteiger partial charge in [0.1, 0.15) is 0 Å². The number of primary amides is 1. The van der Waals surface area contributed by atoms with E-state index in [4.69, 9.17) is 10.5 Å². The number of amides is 3. The lowest BCUT2D eigenvalue weighted by molar-refractivity contribution is -0.122. The van der Waals surface area contributed by atoms with Crippen LogP contribution in [0.5, 0.6) is 0 Å². The van der Waals surface area contributed by atoms with E-state index in [0.717, 1.165) is 37.4 Å². The van der Waals surface area contributed by atoms with Crippen molar-refractivity contribution >= 4 is 11.9 Å². The highest BCUT2D eigenvalue weighted by Crippen LogP contribution is 2.21. The molecule has 1 aliphatic heterocycles. The number of hydrogen-bond donors (Lipinski definition) is 3. The van der Waals surface area contributed by atoms with Crippen LogP contribution in [0.1, 0.15) is 37.4 Å². The molecule has 0 bridgehead atoms. The van der Waals surface area contributed by atoms with Gasteiger partial charge in [0.25, 0.3) is 0 Å². The van der Waals surface area contributed by atoms with Gasteiger partial charge < -0.3 is 21.1 Å². The molecule has 1 atom stereocenters. The lowest BCUT2D eigenvalue weighted by Crippen LogP contribution is -2.55. The van der Waals surface area contributed by atoms with Crippen LogP contribution in [0, 0.1) is 6.92 Å². The van der Waals surface area contributed by atoms with Gasteiger partial charge in [-0.15, -0.1) is 0 Å². The fraction of sp³-hybridized carbons (Fsp3) is 0.579. The maximum absolute atomic E-state index is 12.5. The Morgan fingerprint density at radius 3 is 2.54 bits per heavy atom. The number of nitrogens with one attached hydrogen (secondary N) is 2. The normalized spacial score (nSPS) is 16.7. The van der Waals surface area contributed by atoms with Gasteiger partial charge in [0.2, 0.25) is 5.91 Å². The number of ether oxygens (including phenoxy) is 1. The Kier molecular flexibility index (Phi) is 6.99. The molecule has 7 heteroatoms. The van der Waals surface area contributed by atoms with Crippen LogP contribution in [-0.2, 0) is 9.53 Å². The number of hydrogen-bond acceptors (Lipinski definition) is 4. The van der Waals surface area contributed by atoms with E-state index in [-0.39, 0.29) is 17.9 Å². The molecule has 7 nitrogen and oxygen atoms in total. The molecule has 26 heavy (non-hydrogen) atoms. The number of aryl methyl sites for hydroxylation is 1. The number of nitrogens with zero attached hydrogens (tertiary/aromatic N) is 1. The minimum Gasteiger partial charge on any atom is -0.379 e. The van der Waals surface area contributed by atoms with E-state index in [2.05, 4.69) is 29.4 Å². The average Bonchev–Trinajstić information content (AvgIpc) is 2.60.